The highest BCUT2D eigenvalue weighted by atomic mass is 16.5. The first-order valence-electron chi connectivity index (χ1n) is 12.0. The summed E-state index contributed by atoms with van der Waals surface area (Å²) in [5, 5.41) is 7.06. The van der Waals surface area contributed by atoms with Crippen LogP contribution >= 0.6 is 0 Å². The van der Waals surface area contributed by atoms with Gasteiger partial charge < -0.3 is 20.3 Å². The van der Waals surface area contributed by atoms with Crippen molar-refractivity contribution >= 4 is 39.8 Å². The van der Waals surface area contributed by atoms with Gasteiger partial charge in [-0.3, -0.25) is 4.79 Å². The molecule has 8 heteroatoms. The van der Waals surface area contributed by atoms with Crippen molar-refractivity contribution in [3.05, 3.63) is 73.6 Å². The number of para-hydroxylation sites is 1. The lowest BCUT2D eigenvalue weighted by molar-refractivity contribution is -0.111. The van der Waals surface area contributed by atoms with Crippen molar-refractivity contribution in [2.75, 3.05) is 35.7 Å². The third kappa shape index (κ3) is 4.84. The van der Waals surface area contributed by atoms with Gasteiger partial charge in [0.15, 0.2) is 0 Å². The van der Waals surface area contributed by atoms with Crippen LogP contribution in [0.3, 0.4) is 0 Å². The van der Waals surface area contributed by atoms with E-state index in [1.54, 1.807) is 13.4 Å². The Labute approximate surface area is 210 Å². The van der Waals surface area contributed by atoms with E-state index in [0.29, 0.717) is 17.4 Å². The normalized spacial score (nSPS) is 13.3. The van der Waals surface area contributed by atoms with Crippen molar-refractivity contribution in [1.29, 1.82) is 0 Å². The smallest absolute Gasteiger partial charge is 0.247 e. The Morgan fingerprint density at radius 2 is 1.89 bits per heavy atom. The van der Waals surface area contributed by atoms with Crippen LogP contribution in [0.4, 0.5) is 23.0 Å². The number of piperidine rings is 1. The predicted molar refractivity (Wildman–Crippen MR) is 144 cm³/mol. The third-order valence-corrected chi connectivity index (χ3v) is 6.26. The number of hydrogen-bond donors (Lipinski definition) is 2. The first kappa shape index (κ1) is 23.3. The number of nitrogens with zero attached hydrogens (tertiary/aromatic N) is 4. The summed E-state index contributed by atoms with van der Waals surface area (Å²) in [5.74, 6) is 1.85. The zero-order chi connectivity index (χ0) is 24.9. The molecule has 1 amide bonds. The zero-order valence-corrected chi connectivity index (χ0v) is 20.2. The number of carbonyl (C=O) groups is 1. The Morgan fingerprint density at radius 1 is 1.06 bits per heavy atom. The first-order chi connectivity index (χ1) is 17.7. The molecule has 0 spiro atoms. The molecule has 8 nitrogen and oxygen atoms in total. The number of anilines is 4. The van der Waals surface area contributed by atoms with Crippen LogP contribution < -0.4 is 20.3 Å². The molecular formula is C28H28N6O2. The van der Waals surface area contributed by atoms with Gasteiger partial charge in [-0.15, -0.1) is 0 Å². The molecule has 1 saturated heterocycles. The maximum atomic E-state index is 11.7. The largest absolute Gasteiger partial charge is 0.479 e. The Bertz CT molecular complexity index is 1410. The number of pyridine rings is 1. The van der Waals surface area contributed by atoms with Crippen LogP contribution in [0.15, 0.2) is 73.6 Å². The fraction of sp³-hybridized carbons (Fsp3) is 0.214. The van der Waals surface area contributed by atoms with Gasteiger partial charge in [0, 0.05) is 29.7 Å². The van der Waals surface area contributed by atoms with E-state index >= 15 is 0 Å². The van der Waals surface area contributed by atoms with Crippen molar-refractivity contribution in [2.24, 2.45) is 0 Å². The number of ether oxygens (including phenoxy) is 1. The molecule has 4 aromatic rings. The van der Waals surface area contributed by atoms with Gasteiger partial charge in [-0.05, 0) is 61.2 Å². The van der Waals surface area contributed by atoms with Crippen LogP contribution in [-0.4, -0.2) is 41.1 Å². The summed E-state index contributed by atoms with van der Waals surface area (Å²) in [7, 11) is 1.63. The van der Waals surface area contributed by atoms with Gasteiger partial charge in [-0.1, -0.05) is 30.8 Å². The highest BCUT2D eigenvalue weighted by Gasteiger charge is 2.16. The minimum Gasteiger partial charge on any atom is -0.479 e. The number of fused-ring (bicyclic) bond motifs is 1. The molecule has 0 aliphatic carbocycles. The lowest BCUT2D eigenvalue weighted by Crippen LogP contribution is -2.30. The van der Waals surface area contributed by atoms with Crippen LogP contribution in [0, 0.1) is 0 Å². The molecule has 5 rings (SSSR count). The molecule has 2 aromatic heterocycles. The molecule has 0 atom stereocenters. The average molecular weight is 481 g/mol. The number of nitrogens with one attached hydrogen (secondary N) is 2. The second-order valence-corrected chi connectivity index (χ2v) is 8.60. The quantitative estimate of drug-likeness (QED) is 0.335. The van der Waals surface area contributed by atoms with Gasteiger partial charge in [0.1, 0.15) is 23.7 Å². The van der Waals surface area contributed by atoms with Crippen LogP contribution in [0.5, 0.6) is 5.88 Å². The SMILES string of the molecule is C=CC(=O)Nc1cccc(-c2cccc3c(Nc4ccc(N5CCCCC5)nc4OC)ncnc23)c1. The van der Waals surface area contributed by atoms with E-state index in [-0.39, 0.29) is 5.91 Å². The molecule has 0 unspecified atom stereocenters. The van der Waals surface area contributed by atoms with Gasteiger partial charge >= 0.3 is 0 Å². The summed E-state index contributed by atoms with van der Waals surface area (Å²) in [5.41, 5.74) is 4.07. The molecule has 0 radical (unpaired) electrons. The molecule has 1 fully saturated rings. The molecule has 1 aliphatic rings. The molecular weight excluding hydrogens is 452 g/mol. The first-order valence-corrected chi connectivity index (χ1v) is 12.0. The molecule has 3 heterocycles. The summed E-state index contributed by atoms with van der Waals surface area (Å²) >= 11 is 0. The zero-order valence-electron chi connectivity index (χ0n) is 20.2. The summed E-state index contributed by atoms with van der Waals surface area (Å²) in [4.78, 5) is 27.9. The molecule has 0 saturated carbocycles. The number of methoxy groups -OCH3 is 1. The maximum absolute atomic E-state index is 11.7. The molecule has 2 N–H and O–H groups in total. The highest BCUT2D eigenvalue weighted by molar-refractivity contribution is 6.02. The van der Waals surface area contributed by atoms with Gasteiger partial charge in [-0.2, -0.15) is 4.98 Å². The molecule has 0 bridgehead atoms. The summed E-state index contributed by atoms with van der Waals surface area (Å²) < 4.78 is 5.62. The van der Waals surface area contributed by atoms with E-state index in [1.165, 1.54) is 25.3 Å². The number of benzene rings is 2. The van der Waals surface area contributed by atoms with Crippen LogP contribution in [0.1, 0.15) is 19.3 Å². The highest BCUT2D eigenvalue weighted by Crippen LogP contribution is 2.34. The van der Waals surface area contributed by atoms with Gasteiger partial charge in [0.05, 0.1) is 12.6 Å². The van der Waals surface area contributed by atoms with E-state index in [9.17, 15) is 4.79 Å². The lowest BCUT2D eigenvalue weighted by Gasteiger charge is -2.28. The molecule has 182 valence electrons. The Balaban J connectivity index is 1.48. The monoisotopic (exact) mass is 480 g/mol. The van der Waals surface area contributed by atoms with Gasteiger partial charge in [0.25, 0.3) is 0 Å². The third-order valence-electron chi connectivity index (χ3n) is 6.26. The fourth-order valence-corrected chi connectivity index (χ4v) is 4.49. The topological polar surface area (TPSA) is 92.3 Å². The minimum atomic E-state index is -0.257. The number of hydrogen-bond acceptors (Lipinski definition) is 7. The van der Waals surface area contributed by atoms with E-state index in [1.807, 2.05) is 54.6 Å². The number of carbonyl (C=O) groups excluding carboxylic acids is 1. The molecule has 2 aromatic carbocycles. The second-order valence-electron chi connectivity index (χ2n) is 8.60. The minimum absolute atomic E-state index is 0.257. The Hall–Kier alpha value is -4.46. The van der Waals surface area contributed by atoms with Crippen molar-refractivity contribution < 1.29 is 9.53 Å². The van der Waals surface area contributed by atoms with E-state index < -0.39 is 0 Å². The van der Waals surface area contributed by atoms with Crippen molar-refractivity contribution in [2.45, 2.75) is 19.3 Å². The van der Waals surface area contributed by atoms with E-state index in [0.717, 1.165) is 46.6 Å². The Morgan fingerprint density at radius 3 is 2.69 bits per heavy atom. The van der Waals surface area contributed by atoms with Gasteiger partial charge in [0.2, 0.25) is 11.8 Å². The van der Waals surface area contributed by atoms with Crippen molar-refractivity contribution in [3.63, 3.8) is 0 Å². The fourth-order valence-electron chi connectivity index (χ4n) is 4.49. The van der Waals surface area contributed by atoms with Gasteiger partial charge in [-0.25, -0.2) is 9.97 Å². The van der Waals surface area contributed by atoms with Crippen LogP contribution in [0.2, 0.25) is 0 Å². The van der Waals surface area contributed by atoms with Crippen molar-refractivity contribution in [3.8, 4) is 17.0 Å². The lowest BCUT2D eigenvalue weighted by atomic mass is 10.0. The number of amides is 1. The van der Waals surface area contributed by atoms with Crippen LogP contribution in [0.25, 0.3) is 22.0 Å². The standard InChI is InChI=1S/C28H28N6O2/c1-3-25(35)31-20-10-7-9-19(17-20)21-11-8-12-22-26(21)29-18-30-27(22)32-23-13-14-24(33-28(23)36-2)34-15-5-4-6-16-34/h3,7-14,17-18H,1,4-6,15-16H2,2H3,(H,31,35)(H,29,30,32). The summed E-state index contributed by atoms with van der Waals surface area (Å²) in [6.45, 7) is 5.54. The number of rotatable bonds is 7. The number of aromatic nitrogens is 3. The van der Waals surface area contributed by atoms with E-state index in [2.05, 4.69) is 32.1 Å². The molecule has 1 aliphatic heterocycles. The van der Waals surface area contributed by atoms with E-state index in [4.69, 9.17) is 9.72 Å². The van der Waals surface area contributed by atoms with Crippen LogP contribution in [-0.2, 0) is 4.79 Å². The molecule has 36 heavy (non-hydrogen) atoms. The maximum Gasteiger partial charge on any atom is 0.247 e. The Kier molecular flexibility index (Phi) is 6.75. The second kappa shape index (κ2) is 10.4. The average Bonchev–Trinajstić information content (AvgIpc) is 2.93. The summed E-state index contributed by atoms with van der Waals surface area (Å²) in [6, 6.07) is 17.6. The van der Waals surface area contributed by atoms with Crippen molar-refractivity contribution in [1.82, 2.24) is 15.0 Å². The summed E-state index contributed by atoms with van der Waals surface area (Å²) in [6.07, 6.45) is 6.42. The predicted octanol–water partition coefficient (Wildman–Crippen LogP) is 5.56.